The van der Waals surface area contributed by atoms with Crippen LogP contribution >= 0.6 is 22.9 Å². The Morgan fingerprint density at radius 2 is 1.77 bits per heavy atom. The summed E-state index contributed by atoms with van der Waals surface area (Å²) in [6, 6.07) is 17.2. The summed E-state index contributed by atoms with van der Waals surface area (Å²) in [6.07, 6.45) is 1.92. The highest BCUT2D eigenvalue weighted by atomic mass is 35.5. The number of ether oxygens (including phenoxy) is 1. The van der Waals surface area contributed by atoms with E-state index in [0.717, 1.165) is 28.2 Å². The second-order valence-corrected chi connectivity index (χ2v) is 11.7. The number of fused-ring (bicyclic) bond motifs is 1. The second-order valence-electron chi connectivity index (χ2n) is 10.3. The molecule has 5 rings (SSSR count). The summed E-state index contributed by atoms with van der Waals surface area (Å²) in [5.41, 5.74) is 6.78. The number of nitrogens with zero attached hydrogens (tertiary/aromatic N) is 3. The van der Waals surface area contributed by atoms with Crippen LogP contribution in [-0.4, -0.2) is 21.7 Å². The van der Waals surface area contributed by atoms with Crippen LogP contribution in [0.15, 0.2) is 75.7 Å². The third-order valence-electron chi connectivity index (χ3n) is 7.28. The van der Waals surface area contributed by atoms with Gasteiger partial charge in [0, 0.05) is 22.1 Å². The number of thiazole rings is 1. The second kappa shape index (κ2) is 11.1. The number of hydrogen-bond donors (Lipinski definition) is 0. The van der Waals surface area contributed by atoms with Crippen LogP contribution in [-0.2, 0) is 9.53 Å². The number of benzene rings is 2. The van der Waals surface area contributed by atoms with Gasteiger partial charge in [0.15, 0.2) is 4.80 Å². The zero-order valence-electron chi connectivity index (χ0n) is 23.5. The highest BCUT2D eigenvalue weighted by Gasteiger charge is 2.33. The summed E-state index contributed by atoms with van der Waals surface area (Å²) in [6.45, 7) is 12.2. The van der Waals surface area contributed by atoms with Crippen molar-refractivity contribution in [2.24, 2.45) is 4.99 Å². The van der Waals surface area contributed by atoms with Crippen molar-refractivity contribution >= 4 is 35.0 Å². The molecule has 0 spiro atoms. The van der Waals surface area contributed by atoms with Crippen molar-refractivity contribution in [3.63, 3.8) is 0 Å². The van der Waals surface area contributed by atoms with Crippen LogP contribution in [0.25, 0.3) is 11.8 Å². The van der Waals surface area contributed by atoms with Gasteiger partial charge >= 0.3 is 5.97 Å². The van der Waals surface area contributed by atoms with Gasteiger partial charge in [-0.05, 0) is 86.7 Å². The van der Waals surface area contributed by atoms with Crippen molar-refractivity contribution in [2.75, 3.05) is 6.61 Å². The first kappa shape index (κ1) is 27.9. The average Bonchev–Trinajstić information content (AvgIpc) is 3.38. The van der Waals surface area contributed by atoms with Crippen LogP contribution in [0.1, 0.15) is 67.7 Å². The molecule has 0 saturated heterocycles. The molecule has 8 heteroatoms. The Hall–Kier alpha value is -3.68. The number of aromatic nitrogens is 2. The molecule has 0 fully saturated rings. The van der Waals surface area contributed by atoms with Crippen molar-refractivity contribution in [3.05, 3.63) is 119 Å². The highest BCUT2D eigenvalue weighted by molar-refractivity contribution is 7.07. The quantitative estimate of drug-likeness (QED) is 0.266. The maximum absolute atomic E-state index is 14.0. The van der Waals surface area contributed by atoms with Crippen molar-refractivity contribution in [2.45, 2.75) is 53.5 Å². The number of halogens is 1. The Kier molecular flexibility index (Phi) is 7.71. The largest absolute Gasteiger partial charge is 0.463 e. The third kappa shape index (κ3) is 5.00. The number of hydrogen-bond acceptors (Lipinski definition) is 5. The standard InChI is InChI=1S/C32H32ClN3O3S/c1-7-39-31(38)28-20(5)34-32-36(29(28)23-10-8-22(9-11-23)18(2)3)30(37)27(40-32)17-24-16-19(4)35(21(24)6)26-14-12-25(33)13-15-26/h8-18,29H,7H2,1-6H3/b27-17-. The predicted molar refractivity (Wildman–Crippen MR) is 161 cm³/mol. The molecule has 0 saturated carbocycles. The van der Waals surface area contributed by atoms with Gasteiger partial charge in [0.05, 0.1) is 28.5 Å². The molecule has 1 aliphatic rings. The molecule has 1 atom stereocenters. The summed E-state index contributed by atoms with van der Waals surface area (Å²) in [5, 5.41) is 0.679. The van der Waals surface area contributed by atoms with Gasteiger partial charge in [-0.3, -0.25) is 9.36 Å². The number of esters is 1. The molecule has 6 nitrogen and oxygen atoms in total. The smallest absolute Gasteiger partial charge is 0.338 e. The number of allylic oxidation sites excluding steroid dienone is 1. The van der Waals surface area contributed by atoms with Crippen LogP contribution < -0.4 is 14.9 Å². The Bertz CT molecular complexity index is 1810. The topological polar surface area (TPSA) is 65.6 Å². The molecule has 0 aliphatic carbocycles. The minimum atomic E-state index is -0.625. The molecule has 206 valence electrons. The Labute approximate surface area is 242 Å². The van der Waals surface area contributed by atoms with Gasteiger partial charge in [-0.2, -0.15) is 0 Å². The minimum absolute atomic E-state index is 0.188. The maximum atomic E-state index is 14.0. The van der Waals surface area contributed by atoms with Crippen molar-refractivity contribution in [3.8, 4) is 5.69 Å². The van der Waals surface area contributed by atoms with Crippen LogP contribution in [0.3, 0.4) is 0 Å². The number of rotatable bonds is 6. The van der Waals surface area contributed by atoms with E-state index in [1.54, 1.807) is 18.4 Å². The van der Waals surface area contributed by atoms with E-state index in [1.165, 1.54) is 16.9 Å². The Balaban J connectivity index is 1.67. The maximum Gasteiger partial charge on any atom is 0.338 e. The molecule has 3 heterocycles. The molecule has 1 unspecified atom stereocenters. The van der Waals surface area contributed by atoms with E-state index in [0.29, 0.717) is 31.5 Å². The van der Waals surface area contributed by atoms with Crippen molar-refractivity contribution < 1.29 is 9.53 Å². The van der Waals surface area contributed by atoms with Gasteiger partial charge in [0.1, 0.15) is 0 Å². The van der Waals surface area contributed by atoms with Crippen molar-refractivity contribution in [1.29, 1.82) is 0 Å². The summed E-state index contributed by atoms with van der Waals surface area (Å²) in [7, 11) is 0. The van der Waals surface area contributed by atoms with Crippen LogP contribution in [0, 0.1) is 13.8 Å². The lowest BCUT2D eigenvalue weighted by atomic mass is 9.93. The molecule has 0 amide bonds. The molecule has 0 bridgehead atoms. The lowest BCUT2D eigenvalue weighted by molar-refractivity contribution is -0.139. The molecule has 2 aromatic carbocycles. The van der Waals surface area contributed by atoms with Crippen LogP contribution in [0.4, 0.5) is 0 Å². The van der Waals surface area contributed by atoms with Crippen LogP contribution in [0.2, 0.25) is 5.02 Å². The lowest BCUT2D eigenvalue weighted by Crippen LogP contribution is -2.39. The third-order valence-corrected chi connectivity index (χ3v) is 8.51. The van der Waals surface area contributed by atoms with E-state index < -0.39 is 12.0 Å². The fourth-order valence-corrected chi connectivity index (χ4v) is 6.40. The minimum Gasteiger partial charge on any atom is -0.463 e. The first-order valence-electron chi connectivity index (χ1n) is 13.3. The summed E-state index contributed by atoms with van der Waals surface area (Å²) in [5.74, 6) is -0.0906. The monoisotopic (exact) mass is 573 g/mol. The molecular formula is C32H32ClN3O3S. The summed E-state index contributed by atoms with van der Waals surface area (Å²) < 4.78 is 9.75. The molecule has 0 N–H and O–H groups in total. The summed E-state index contributed by atoms with van der Waals surface area (Å²) >= 11 is 7.43. The zero-order valence-corrected chi connectivity index (χ0v) is 25.1. The van der Waals surface area contributed by atoms with Gasteiger partial charge in [-0.1, -0.05) is 61.1 Å². The Morgan fingerprint density at radius 3 is 2.40 bits per heavy atom. The normalized spacial score (nSPS) is 15.4. The number of aryl methyl sites for hydroxylation is 1. The van der Waals surface area contributed by atoms with Gasteiger partial charge in [0.2, 0.25) is 0 Å². The number of carbonyl (C=O) groups excluding carboxylic acids is 1. The lowest BCUT2D eigenvalue weighted by Gasteiger charge is -2.25. The molecule has 2 aromatic heterocycles. The highest BCUT2D eigenvalue weighted by Crippen LogP contribution is 2.31. The first-order chi connectivity index (χ1) is 19.1. The van der Waals surface area contributed by atoms with E-state index >= 15 is 0 Å². The first-order valence-corrected chi connectivity index (χ1v) is 14.5. The van der Waals surface area contributed by atoms with E-state index in [9.17, 15) is 9.59 Å². The van der Waals surface area contributed by atoms with E-state index in [1.807, 2.05) is 56.3 Å². The fourth-order valence-electron chi connectivity index (χ4n) is 5.23. The Morgan fingerprint density at radius 1 is 1.10 bits per heavy atom. The average molecular weight is 574 g/mol. The molecule has 4 aromatic rings. The fraction of sp³-hybridized carbons (Fsp3) is 0.281. The SMILES string of the molecule is CCOC(=O)C1=C(C)N=c2s/c(=C\c3cc(C)n(-c4ccc(Cl)cc4)c3C)c(=O)n2C1c1ccc(C(C)C)cc1. The van der Waals surface area contributed by atoms with E-state index in [-0.39, 0.29) is 12.2 Å². The molecule has 1 aliphatic heterocycles. The summed E-state index contributed by atoms with van der Waals surface area (Å²) in [4.78, 5) is 32.4. The van der Waals surface area contributed by atoms with Crippen molar-refractivity contribution in [1.82, 2.24) is 9.13 Å². The molecular weight excluding hydrogens is 542 g/mol. The number of carbonyl (C=O) groups is 1. The van der Waals surface area contributed by atoms with Gasteiger partial charge in [0.25, 0.3) is 5.56 Å². The zero-order chi connectivity index (χ0) is 28.7. The molecule has 0 radical (unpaired) electrons. The van der Waals surface area contributed by atoms with Gasteiger partial charge < -0.3 is 9.30 Å². The molecule has 40 heavy (non-hydrogen) atoms. The van der Waals surface area contributed by atoms with E-state index in [4.69, 9.17) is 21.3 Å². The van der Waals surface area contributed by atoms with Gasteiger partial charge in [-0.15, -0.1) is 0 Å². The van der Waals surface area contributed by atoms with Crippen LogP contribution in [0.5, 0.6) is 0 Å². The van der Waals surface area contributed by atoms with E-state index in [2.05, 4.69) is 36.6 Å². The van der Waals surface area contributed by atoms with Gasteiger partial charge in [-0.25, -0.2) is 9.79 Å². The predicted octanol–water partition coefficient (Wildman–Crippen LogP) is 5.98.